The first-order valence-corrected chi connectivity index (χ1v) is 28.2. The molecule has 0 aliphatic carbocycles. The van der Waals surface area contributed by atoms with Crippen molar-refractivity contribution < 1.29 is 86.8 Å². The van der Waals surface area contributed by atoms with Gasteiger partial charge in [-0.05, 0) is 43.1 Å². The minimum Gasteiger partial charge on any atom is -0.481 e. The van der Waals surface area contributed by atoms with Crippen LogP contribution < -0.4 is 31.9 Å². The molecule has 0 saturated carbocycles. The predicted molar refractivity (Wildman–Crippen MR) is 293 cm³/mol. The highest BCUT2D eigenvalue weighted by Crippen LogP contribution is 2.10. The molecule has 2 unspecified atom stereocenters. The Hall–Kier alpha value is -5.93. The van der Waals surface area contributed by atoms with Gasteiger partial charge in [-0.3, -0.25) is 24.0 Å². The third-order valence-electron chi connectivity index (χ3n) is 11.5. The summed E-state index contributed by atoms with van der Waals surface area (Å²) < 4.78 is 38.6. The minimum atomic E-state index is -1.55. The molecule has 444 valence electrons. The summed E-state index contributed by atoms with van der Waals surface area (Å²) in [5.74, 6) is -4.92. The number of thioether (sulfide) groups is 1. The number of carbonyl (C=O) groups is 8. The van der Waals surface area contributed by atoms with Crippen molar-refractivity contribution >= 4 is 59.3 Å². The van der Waals surface area contributed by atoms with Crippen LogP contribution in [-0.4, -0.2) is 205 Å². The monoisotopic (exact) mass is 1140 g/mol. The van der Waals surface area contributed by atoms with E-state index in [0.29, 0.717) is 105 Å². The zero-order chi connectivity index (χ0) is 57.6. The van der Waals surface area contributed by atoms with Gasteiger partial charge >= 0.3 is 23.9 Å². The van der Waals surface area contributed by atoms with E-state index in [1.807, 2.05) is 72.2 Å². The summed E-state index contributed by atoms with van der Waals surface area (Å²) in [5, 5.41) is 43.0. The molecule has 0 fully saturated rings. The number of carbonyl (C=O) groups excluding carboxylic acids is 5. The summed E-state index contributed by atoms with van der Waals surface area (Å²) in [6.45, 7) is 6.76. The molecule has 0 spiro atoms. The molecule has 0 heterocycles. The van der Waals surface area contributed by atoms with Crippen LogP contribution in [0.5, 0.6) is 0 Å². The lowest BCUT2D eigenvalue weighted by molar-refractivity contribution is -0.141. The van der Waals surface area contributed by atoms with E-state index in [-0.39, 0.29) is 51.2 Å². The van der Waals surface area contributed by atoms with Crippen LogP contribution in [0.1, 0.15) is 75.3 Å². The number of ether oxygens (including phenoxy) is 7. The van der Waals surface area contributed by atoms with Gasteiger partial charge in [0.1, 0.15) is 24.2 Å². The molecule has 9 N–H and O–H groups in total. The highest BCUT2D eigenvalue weighted by atomic mass is 32.2. The van der Waals surface area contributed by atoms with Gasteiger partial charge in [-0.25, -0.2) is 14.4 Å². The average molecular weight is 1140 g/mol. The van der Waals surface area contributed by atoms with Crippen LogP contribution in [0.2, 0.25) is 0 Å². The lowest BCUT2D eigenvalue weighted by Crippen LogP contribution is -2.55. The van der Waals surface area contributed by atoms with Gasteiger partial charge in [-0.1, -0.05) is 79.9 Å². The van der Waals surface area contributed by atoms with E-state index >= 15 is 0 Å². The molecule has 6 amide bonds. The number of carboxylic acids is 3. The van der Waals surface area contributed by atoms with Crippen molar-refractivity contribution in [1.82, 2.24) is 31.9 Å². The van der Waals surface area contributed by atoms with E-state index in [2.05, 4.69) is 26.6 Å². The molecule has 0 aliphatic heterocycles. The fourth-order valence-electron chi connectivity index (χ4n) is 7.26. The van der Waals surface area contributed by atoms with E-state index in [1.165, 1.54) is 0 Å². The summed E-state index contributed by atoms with van der Waals surface area (Å²) >= 11 is 1.74. The lowest BCUT2D eigenvalue weighted by atomic mass is 10.0. The van der Waals surface area contributed by atoms with E-state index < -0.39 is 78.7 Å². The molecule has 25 heteroatoms. The maximum absolute atomic E-state index is 14.0. The molecule has 0 saturated heterocycles. The highest BCUT2D eigenvalue weighted by Gasteiger charge is 2.28. The number of benzene rings is 2. The number of rotatable bonds is 50. The van der Waals surface area contributed by atoms with Gasteiger partial charge in [0.05, 0.1) is 92.5 Å². The number of amides is 6. The van der Waals surface area contributed by atoms with Gasteiger partial charge in [0, 0.05) is 50.9 Å². The van der Waals surface area contributed by atoms with Gasteiger partial charge in [-0.2, -0.15) is 11.8 Å². The second-order valence-corrected chi connectivity index (χ2v) is 18.9. The van der Waals surface area contributed by atoms with E-state index in [4.69, 9.17) is 38.3 Å². The highest BCUT2D eigenvalue weighted by molar-refractivity contribution is 7.98. The van der Waals surface area contributed by atoms with Crippen LogP contribution >= 0.6 is 11.8 Å². The molecule has 0 aromatic heterocycles. The summed E-state index contributed by atoms with van der Waals surface area (Å²) in [6.07, 6.45) is 4.42. The molecular weight excluding hydrogens is 1050 g/mol. The molecule has 24 nitrogen and oxygen atoms in total. The number of carboxylic acid groups (broad SMARTS) is 3. The molecular formula is C54H84N6O18S. The Labute approximate surface area is 467 Å². The molecule has 0 bridgehead atoms. The Bertz CT molecular complexity index is 2010. The van der Waals surface area contributed by atoms with Gasteiger partial charge in [0.2, 0.25) is 23.6 Å². The zero-order valence-electron chi connectivity index (χ0n) is 45.5. The van der Waals surface area contributed by atoms with Crippen molar-refractivity contribution in [1.29, 1.82) is 0 Å². The second-order valence-electron chi connectivity index (χ2n) is 17.9. The lowest BCUT2D eigenvalue weighted by Gasteiger charge is -2.23. The van der Waals surface area contributed by atoms with Crippen LogP contribution in [0, 0.1) is 0 Å². The smallest absolute Gasteiger partial charge is 0.326 e. The van der Waals surface area contributed by atoms with Gasteiger partial charge in [0.15, 0.2) is 0 Å². The summed E-state index contributed by atoms with van der Waals surface area (Å²) in [6, 6.07) is 12.4. The molecule has 2 aromatic rings. The van der Waals surface area contributed by atoms with Crippen LogP contribution in [0.4, 0.5) is 4.79 Å². The normalized spacial score (nSPS) is 12.6. The fourth-order valence-corrected chi connectivity index (χ4v) is 7.55. The van der Waals surface area contributed by atoms with Gasteiger partial charge in [-0.15, -0.1) is 0 Å². The number of hydrogen-bond donors (Lipinski definition) is 9. The predicted octanol–water partition coefficient (Wildman–Crippen LogP) is 2.34. The Morgan fingerprint density at radius 3 is 1.33 bits per heavy atom. The number of aliphatic carboxylic acids is 3. The molecule has 0 radical (unpaired) electrons. The van der Waals surface area contributed by atoms with E-state index in [0.717, 1.165) is 36.3 Å². The maximum Gasteiger partial charge on any atom is 0.326 e. The van der Waals surface area contributed by atoms with Crippen molar-refractivity contribution in [2.45, 2.75) is 101 Å². The topological polar surface area (TPSA) is 334 Å². The molecule has 2 aromatic carbocycles. The molecule has 4 atom stereocenters. The summed E-state index contributed by atoms with van der Waals surface area (Å²) in [5.41, 5.74) is 1.64. The van der Waals surface area contributed by atoms with Crippen LogP contribution in [0.15, 0.2) is 60.7 Å². The van der Waals surface area contributed by atoms with Gasteiger partial charge in [0.25, 0.3) is 0 Å². The minimum absolute atomic E-state index is 0.151. The van der Waals surface area contributed by atoms with Crippen molar-refractivity contribution in [2.75, 3.05) is 118 Å². The van der Waals surface area contributed by atoms with Crippen molar-refractivity contribution in [3.8, 4) is 0 Å². The number of urea groups is 1. The van der Waals surface area contributed by atoms with Crippen LogP contribution in [-0.2, 0) is 79.6 Å². The molecule has 79 heavy (non-hydrogen) atoms. The maximum atomic E-state index is 14.0. The third kappa shape index (κ3) is 37.6. The van der Waals surface area contributed by atoms with Gasteiger partial charge < -0.3 is 80.4 Å². The SMILES string of the molecule is CSCCOCCOCCOCCOCCOCCOCCOCCNC(=O)[C@H](Cc1ccccc1)NC(=O)[C@H](Cc1ccccc1)NC(=O)CCCCCCCNC(=O)CCC(NC(=O)NC(CCC(=O)O)C(=O)O)C(=O)O. The largest absolute Gasteiger partial charge is 0.481 e. The Balaban J connectivity index is 1.69. The fraction of sp³-hybridized carbons (Fsp3) is 0.630. The third-order valence-corrected chi connectivity index (χ3v) is 12.1. The first-order valence-electron chi connectivity index (χ1n) is 26.8. The number of hydrogen-bond acceptors (Lipinski definition) is 16. The second kappa shape index (κ2) is 45.9. The first-order chi connectivity index (χ1) is 38.3. The Morgan fingerprint density at radius 2 is 0.861 bits per heavy atom. The van der Waals surface area contributed by atoms with E-state index in [1.54, 1.807) is 11.8 Å². The van der Waals surface area contributed by atoms with Crippen molar-refractivity contribution in [3.63, 3.8) is 0 Å². The van der Waals surface area contributed by atoms with Crippen molar-refractivity contribution in [2.24, 2.45) is 0 Å². The van der Waals surface area contributed by atoms with Crippen LogP contribution in [0.25, 0.3) is 0 Å². The number of unbranched alkanes of at least 4 members (excludes halogenated alkanes) is 4. The summed E-state index contributed by atoms with van der Waals surface area (Å²) in [7, 11) is 0. The van der Waals surface area contributed by atoms with Crippen molar-refractivity contribution in [3.05, 3.63) is 71.8 Å². The standard InChI is InChI=1S/C54H84N6O18S/c1-79-38-37-78-36-35-77-34-33-76-32-31-75-30-29-74-28-27-73-26-25-72-24-23-56-50(65)45(39-41-13-7-5-8-14-41)58-51(66)46(40-42-15-9-6-10-16-42)57-48(62)17-11-3-2-4-12-22-55-47(61)20-18-43(52(67)68)59-54(71)60-44(53(69)70)19-21-49(63)64/h5-10,13-16,43-46H,2-4,11-12,17-40H2,1H3,(H,55,61)(H,56,65)(H,57,62)(H,58,66)(H,63,64)(H,67,68)(H,69,70)(H2,59,60,71)/t43?,44?,45-,46-/m0/s1. The Morgan fingerprint density at radius 1 is 0.430 bits per heavy atom. The Kier molecular flexibility index (Phi) is 40.2. The quantitative estimate of drug-likeness (QED) is 0.0429. The average Bonchev–Trinajstić information content (AvgIpc) is 3.44. The number of nitrogens with one attached hydrogen (secondary N) is 6. The zero-order valence-corrected chi connectivity index (χ0v) is 46.3. The first kappa shape index (κ1) is 69.2. The van der Waals surface area contributed by atoms with E-state index in [9.17, 15) is 48.6 Å². The molecule has 2 rings (SSSR count). The summed E-state index contributed by atoms with van der Waals surface area (Å²) in [4.78, 5) is 99.2. The molecule has 0 aliphatic rings. The van der Waals surface area contributed by atoms with Crippen LogP contribution in [0.3, 0.4) is 0 Å².